The van der Waals surface area contributed by atoms with E-state index in [2.05, 4.69) is 4.98 Å². The summed E-state index contributed by atoms with van der Waals surface area (Å²) in [5, 5.41) is -0.360. The molecule has 2 rings (SSSR count). The molecule has 0 aliphatic heterocycles. The van der Waals surface area contributed by atoms with Crippen LogP contribution in [0.1, 0.15) is 0 Å². The molecule has 1 nitrogen and oxygen atoms in total. The van der Waals surface area contributed by atoms with E-state index in [-0.39, 0.29) is 17.7 Å². The van der Waals surface area contributed by atoms with Crippen LogP contribution in [0.2, 0.25) is 0 Å². The topological polar surface area (TPSA) is 12.9 Å². The molecule has 0 aliphatic carbocycles. The van der Waals surface area contributed by atoms with Gasteiger partial charge in [0.05, 0.1) is 10.2 Å². The van der Waals surface area contributed by atoms with Gasteiger partial charge in [-0.15, -0.1) is 12.4 Å². The highest BCUT2D eigenvalue weighted by Gasteiger charge is 1.98. The Kier molecular flexibility index (Phi) is 2.42. The molecule has 0 aliphatic rings. The van der Waals surface area contributed by atoms with Gasteiger partial charge in [-0.3, -0.25) is 0 Å². The van der Waals surface area contributed by atoms with Crippen LogP contribution < -0.4 is 0 Å². The van der Waals surface area contributed by atoms with Gasteiger partial charge in [0.25, 0.3) is 5.26 Å². The molecule has 0 radical (unpaired) electrons. The summed E-state index contributed by atoms with van der Waals surface area (Å²) in [5.41, 5.74) is 0.741. The minimum atomic E-state index is -0.360. The van der Waals surface area contributed by atoms with Crippen LogP contribution in [-0.4, -0.2) is 4.98 Å². The van der Waals surface area contributed by atoms with Crippen LogP contribution >= 0.6 is 23.7 Å². The lowest BCUT2D eigenvalue weighted by Crippen LogP contribution is -1.65. The summed E-state index contributed by atoms with van der Waals surface area (Å²) in [6.07, 6.45) is 0. The monoisotopic (exact) mass is 189 g/mol. The number of halogens is 2. The van der Waals surface area contributed by atoms with E-state index >= 15 is 0 Å². The molecule has 1 aromatic heterocycles. The SMILES string of the molecule is Cl.Fc1nc2ccccc2s1. The van der Waals surface area contributed by atoms with E-state index in [1.165, 1.54) is 0 Å². The van der Waals surface area contributed by atoms with Crippen molar-refractivity contribution in [1.82, 2.24) is 4.98 Å². The first-order valence-electron chi connectivity index (χ1n) is 2.87. The van der Waals surface area contributed by atoms with E-state index < -0.39 is 0 Å². The van der Waals surface area contributed by atoms with Gasteiger partial charge < -0.3 is 0 Å². The predicted octanol–water partition coefficient (Wildman–Crippen LogP) is 2.86. The molecule has 11 heavy (non-hydrogen) atoms. The van der Waals surface area contributed by atoms with Crippen LogP contribution in [-0.2, 0) is 0 Å². The minimum absolute atomic E-state index is 0. The number of aromatic nitrogens is 1. The Hall–Kier alpha value is -0.670. The quantitative estimate of drug-likeness (QED) is 0.621. The first-order chi connectivity index (χ1) is 4.86. The lowest BCUT2D eigenvalue weighted by atomic mass is 10.3. The number of hydrogen-bond donors (Lipinski definition) is 0. The van der Waals surface area contributed by atoms with Crippen LogP contribution in [0, 0.1) is 5.26 Å². The highest BCUT2D eigenvalue weighted by atomic mass is 35.5. The van der Waals surface area contributed by atoms with E-state index in [1.807, 2.05) is 18.2 Å². The summed E-state index contributed by atoms with van der Waals surface area (Å²) in [5.74, 6) is 0. The predicted molar refractivity (Wildman–Crippen MR) is 46.8 cm³/mol. The molecule has 0 saturated carbocycles. The third kappa shape index (κ3) is 1.49. The highest BCUT2D eigenvalue weighted by Crippen LogP contribution is 2.19. The van der Waals surface area contributed by atoms with Gasteiger partial charge >= 0.3 is 0 Å². The number of hydrogen-bond acceptors (Lipinski definition) is 2. The highest BCUT2D eigenvalue weighted by molar-refractivity contribution is 7.17. The van der Waals surface area contributed by atoms with Crippen molar-refractivity contribution in [3.8, 4) is 0 Å². The van der Waals surface area contributed by atoms with Crippen LogP contribution in [0.3, 0.4) is 0 Å². The summed E-state index contributed by atoms with van der Waals surface area (Å²) in [6.45, 7) is 0. The molecule has 0 unspecified atom stereocenters. The smallest absolute Gasteiger partial charge is 0.209 e. The molecule has 1 heterocycles. The van der Waals surface area contributed by atoms with Crippen molar-refractivity contribution >= 4 is 34.0 Å². The van der Waals surface area contributed by atoms with E-state index in [0.29, 0.717) is 0 Å². The van der Waals surface area contributed by atoms with Crippen molar-refractivity contribution in [3.05, 3.63) is 29.5 Å². The zero-order chi connectivity index (χ0) is 6.97. The van der Waals surface area contributed by atoms with Crippen molar-refractivity contribution in [3.63, 3.8) is 0 Å². The third-order valence-corrected chi connectivity index (χ3v) is 2.09. The van der Waals surface area contributed by atoms with Gasteiger partial charge in [0, 0.05) is 0 Å². The Labute approximate surface area is 73.3 Å². The fourth-order valence-corrected chi connectivity index (χ4v) is 1.53. The molecule has 1 aromatic carbocycles. The average molecular weight is 190 g/mol. The van der Waals surface area contributed by atoms with Crippen molar-refractivity contribution in [1.29, 1.82) is 0 Å². The molecule has 2 aromatic rings. The van der Waals surface area contributed by atoms with E-state index in [4.69, 9.17) is 0 Å². The van der Waals surface area contributed by atoms with Crippen molar-refractivity contribution < 1.29 is 4.39 Å². The lowest BCUT2D eigenvalue weighted by molar-refractivity contribution is 0.620. The molecule has 0 spiro atoms. The average Bonchev–Trinajstić information content (AvgIpc) is 2.27. The summed E-state index contributed by atoms with van der Waals surface area (Å²) >= 11 is 1.07. The second-order valence-corrected chi connectivity index (χ2v) is 2.92. The molecule has 4 heteroatoms. The first-order valence-corrected chi connectivity index (χ1v) is 3.69. The van der Waals surface area contributed by atoms with Gasteiger partial charge in [0.2, 0.25) is 0 Å². The number of thiazole rings is 1. The Morgan fingerprint density at radius 1 is 1.27 bits per heavy atom. The Morgan fingerprint density at radius 2 is 2.00 bits per heavy atom. The zero-order valence-electron chi connectivity index (χ0n) is 5.45. The summed E-state index contributed by atoms with van der Waals surface area (Å²) < 4.78 is 13.3. The molecular weight excluding hydrogens is 185 g/mol. The minimum Gasteiger partial charge on any atom is -0.209 e. The van der Waals surface area contributed by atoms with Crippen molar-refractivity contribution in [2.45, 2.75) is 0 Å². The number of para-hydroxylation sites is 1. The summed E-state index contributed by atoms with van der Waals surface area (Å²) in [7, 11) is 0. The second kappa shape index (κ2) is 3.15. The van der Waals surface area contributed by atoms with Crippen LogP contribution in [0.5, 0.6) is 0 Å². The maximum Gasteiger partial charge on any atom is 0.270 e. The van der Waals surface area contributed by atoms with Gasteiger partial charge in [-0.2, -0.15) is 4.39 Å². The van der Waals surface area contributed by atoms with Crippen LogP contribution in [0.25, 0.3) is 10.2 Å². The molecule has 58 valence electrons. The molecule has 0 amide bonds. The number of fused-ring (bicyclic) bond motifs is 1. The van der Waals surface area contributed by atoms with Gasteiger partial charge in [0.15, 0.2) is 0 Å². The van der Waals surface area contributed by atoms with Gasteiger partial charge in [0.1, 0.15) is 0 Å². The molecule has 0 fully saturated rings. The number of nitrogens with zero attached hydrogens (tertiary/aromatic N) is 1. The second-order valence-electron chi connectivity index (χ2n) is 1.93. The first kappa shape index (κ1) is 8.43. The summed E-state index contributed by atoms with van der Waals surface area (Å²) in [4.78, 5) is 3.66. The lowest BCUT2D eigenvalue weighted by Gasteiger charge is -1.80. The maximum atomic E-state index is 12.4. The van der Waals surface area contributed by atoms with E-state index in [9.17, 15) is 4.39 Å². The van der Waals surface area contributed by atoms with E-state index in [1.54, 1.807) is 6.07 Å². The van der Waals surface area contributed by atoms with Crippen LogP contribution in [0.15, 0.2) is 24.3 Å². The van der Waals surface area contributed by atoms with E-state index in [0.717, 1.165) is 21.6 Å². The summed E-state index contributed by atoms with van der Waals surface area (Å²) in [6, 6.07) is 7.38. The fourth-order valence-electron chi connectivity index (χ4n) is 0.844. The van der Waals surface area contributed by atoms with Gasteiger partial charge in [-0.25, -0.2) is 4.98 Å². The van der Waals surface area contributed by atoms with Gasteiger partial charge in [-0.1, -0.05) is 23.5 Å². The number of benzene rings is 1. The fraction of sp³-hybridized carbons (Fsp3) is 0. The van der Waals surface area contributed by atoms with Crippen molar-refractivity contribution in [2.75, 3.05) is 0 Å². The van der Waals surface area contributed by atoms with Gasteiger partial charge in [-0.05, 0) is 12.1 Å². The third-order valence-electron chi connectivity index (χ3n) is 1.27. The Balaban J connectivity index is 0.000000605. The molecular formula is C7H5ClFNS. The molecule has 0 saturated heterocycles. The Morgan fingerprint density at radius 3 is 2.73 bits per heavy atom. The molecule has 0 N–H and O–H groups in total. The Bertz CT molecular complexity index is 327. The molecule has 0 bridgehead atoms. The molecule has 0 atom stereocenters. The van der Waals surface area contributed by atoms with Crippen LogP contribution in [0.4, 0.5) is 4.39 Å². The maximum absolute atomic E-state index is 12.4. The standard InChI is InChI=1S/C7H4FNS.ClH/c8-7-9-5-3-1-2-4-6(5)10-7;/h1-4H;1H. The normalized spacial score (nSPS) is 9.55. The zero-order valence-corrected chi connectivity index (χ0v) is 7.08. The van der Waals surface area contributed by atoms with Crippen molar-refractivity contribution in [2.24, 2.45) is 0 Å². The number of rotatable bonds is 0. The largest absolute Gasteiger partial charge is 0.270 e.